The third kappa shape index (κ3) is 2.67. The van der Waals surface area contributed by atoms with E-state index in [2.05, 4.69) is 31.4 Å². The first-order chi connectivity index (χ1) is 8.58. The summed E-state index contributed by atoms with van der Waals surface area (Å²) in [5, 5.41) is 19.8. The van der Waals surface area contributed by atoms with Gasteiger partial charge in [-0.1, -0.05) is 15.9 Å². The number of anilines is 1. The van der Waals surface area contributed by atoms with Crippen molar-refractivity contribution in [2.24, 2.45) is 7.05 Å². The van der Waals surface area contributed by atoms with Crippen molar-refractivity contribution < 1.29 is 9.90 Å². The van der Waals surface area contributed by atoms with Crippen molar-refractivity contribution in [2.75, 3.05) is 5.32 Å². The summed E-state index contributed by atoms with van der Waals surface area (Å²) < 4.78 is 2.50. The molecular weight excluding hydrogens is 300 g/mol. The molecule has 6 nitrogen and oxygen atoms in total. The lowest BCUT2D eigenvalue weighted by Crippen LogP contribution is -2.09. The lowest BCUT2D eigenvalue weighted by atomic mass is 10.2. The van der Waals surface area contributed by atoms with Crippen LogP contribution in [0.4, 0.5) is 5.69 Å². The van der Waals surface area contributed by atoms with Gasteiger partial charge in [-0.2, -0.15) is 0 Å². The molecule has 0 aliphatic carbocycles. The number of carboxylic acid groups (broad SMARTS) is 1. The van der Waals surface area contributed by atoms with E-state index in [1.807, 2.05) is 7.05 Å². The zero-order valence-electron chi connectivity index (χ0n) is 9.59. The third-order valence-electron chi connectivity index (χ3n) is 2.45. The molecule has 0 bridgehead atoms. The molecule has 0 unspecified atom stereocenters. The SMILES string of the molecule is Cn1cnnc1CNc1ccc(Br)cc1C(=O)O. The van der Waals surface area contributed by atoms with Gasteiger partial charge in [-0.15, -0.1) is 10.2 Å². The molecule has 0 atom stereocenters. The van der Waals surface area contributed by atoms with Crippen LogP contribution in [0.25, 0.3) is 0 Å². The molecule has 0 saturated heterocycles. The smallest absolute Gasteiger partial charge is 0.337 e. The normalized spacial score (nSPS) is 10.3. The molecule has 2 aromatic rings. The third-order valence-corrected chi connectivity index (χ3v) is 2.95. The molecule has 0 aliphatic rings. The van der Waals surface area contributed by atoms with Gasteiger partial charge in [-0.3, -0.25) is 0 Å². The second-order valence-electron chi connectivity index (χ2n) is 3.71. The molecular formula is C11H11BrN4O2. The standard InChI is InChI=1S/C11H11BrN4O2/c1-16-6-14-15-10(16)5-13-9-3-2-7(12)4-8(9)11(17)18/h2-4,6,13H,5H2,1H3,(H,17,18). The predicted molar refractivity (Wildman–Crippen MR) is 69.4 cm³/mol. The molecule has 1 heterocycles. The van der Waals surface area contributed by atoms with Gasteiger partial charge in [0, 0.05) is 17.2 Å². The van der Waals surface area contributed by atoms with Crippen LogP contribution in [-0.2, 0) is 13.6 Å². The lowest BCUT2D eigenvalue weighted by molar-refractivity contribution is 0.0698. The molecule has 0 saturated carbocycles. The largest absolute Gasteiger partial charge is 0.478 e. The highest BCUT2D eigenvalue weighted by Gasteiger charge is 2.11. The van der Waals surface area contributed by atoms with E-state index in [-0.39, 0.29) is 5.56 Å². The van der Waals surface area contributed by atoms with Crippen LogP contribution in [0.2, 0.25) is 0 Å². The number of aryl methyl sites for hydroxylation is 1. The molecule has 2 N–H and O–H groups in total. The van der Waals surface area contributed by atoms with Gasteiger partial charge in [0.25, 0.3) is 0 Å². The molecule has 7 heteroatoms. The van der Waals surface area contributed by atoms with Crippen molar-refractivity contribution in [3.8, 4) is 0 Å². The van der Waals surface area contributed by atoms with Crippen molar-refractivity contribution in [3.63, 3.8) is 0 Å². The number of nitrogens with zero attached hydrogens (tertiary/aromatic N) is 3. The van der Waals surface area contributed by atoms with Crippen molar-refractivity contribution in [1.82, 2.24) is 14.8 Å². The maximum Gasteiger partial charge on any atom is 0.337 e. The molecule has 94 valence electrons. The van der Waals surface area contributed by atoms with E-state index >= 15 is 0 Å². The fourth-order valence-corrected chi connectivity index (χ4v) is 1.85. The maximum atomic E-state index is 11.1. The molecule has 2 rings (SSSR count). The number of carboxylic acids is 1. The van der Waals surface area contributed by atoms with Gasteiger partial charge < -0.3 is 15.0 Å². The monoisotopic (exact) mass is 310 g/mol. The van der Waals surface area contributed by atoms with Crippen LogP contribution in [0, 0.1) is 0 Å². The first-order valence-corrected chi connectivity index (χ1v) is 5.97. The number of benzene rings is 1. The number of hydrogen-bond donors (Lipinski definition) is 2. The van der Waals surface area contributed by atoms with Crippen LogP contribution in [0.3, 0.4) is 0 Å². The van der Waals surface area contributed by atoms with Crippen molar-refractivity contribution in [2.45, 2.75) is 6.54 Å². The Morgan fingerprint density at radius 1 is 1.56 bits per heavy atom. The maximum absolute atomic E-state index is 11.1. The van der Waals surface area contributed by atoms with Gasteiger partial charge in [-0.05, 0) is 18.2 Å². The summed E-state index contributed by atoms with van der Waals surface area (Å²) in [5.74, 6) is -0.244. The lowest BCUT2D eigenvalue weighted by Gasteiger charge is -2.09. The van der Waals surface area contributed by atoms with E-state index < -0.39 is 5.97 Å². The summed E-state index contributed by atoms with van der Waals surface area (Å²) in [6.45, 7) is 0.415. The number of carbonyl (C=O) groups is 1. The number of aromatic nitrogens is 3. The summed E-state index contributed by atoms with van der Waals surface area (Å²) in [7, 11) is 1.83. The molecule has 18 heavy (non-hydrogen) atoms. The second kappa shape index (κ2) is 5.18. The first-order valence-electron chi connectivity index (χ1n) is 5.17. The van der Waals surface area contributed by atoms with Crippen LogP contribution in [-0.4, -0.2) is 25.8 Å². The molecule has 0 amide bonds. The highest BCUT2D eigenvalue weighted by atomic mass is 79.9. The minimum absolute atomic E-state index is 0.214. The Hall–Kier alpha value is -1.89. The summed E-state index contributed by atoms with van der Waals surface area (Å²) in [5.41, 5.74) is 0.764. The molecule has 0 fully saturated rings. The zero-order chi connectivity index (χ0) is 13.1. The Kier molecular flexibility index (Phi) is 3.61. The van der Waals surface area contributed by atoms with Crippen LogP contribution >= 0.6 is 15.9 Å². The Balaban J connectivity index is 2.19. The highest BCUT2D eigenvalue weighted by Crippen LogP contribution is 2.21. The van der Waals surface area contributed by atoms with Gasteiger partial charge in [0.2, 0.25) is 0 Å². The van der Waals surface area contributed by atoms with Crippen molar-refractivity contribution >= 4 is 27.6 Å². The topological polar surface area (TPSA) is 80.0 Å². The van der Waals surface area contributed by atoms with Gasteiger partial charge in [0.15, 0.2) is 5.82 Å². The molecule has 0 radical (unpaired) electrons. The number of nitrogens with one attached hydrogen (secondary N) is 1. The van der Waals surface area contributed by atoms with E-state index in [0.717, 1.165) is 10.3 Å². The molecule has 0 spiro atoms. The Labute approximate surface area is 112 Å². The second-order valence-corrected chi connectivity index (χ2v) is 4.62. The fraction of sp³-hybridized carbons (Fsp3) is 0.182. The van der Waals surface area contributed by atoms with E-state index in [9.17, 15) is 4.79 Å². The van der Waals surface area contributed by atoms with E-state index in [4.69, 9.17) is 5.11 Å². The predicted octanol–water partition coefficient (Wildman–Crippen LogP) is 1.89. The molecule has 1 aromatic heterocycles. The summed E-state index contributed by atoms with van der Waals surface area (Å²) >= 11 is 3.25. The Morgan fingerprint density at radius 2 is 2.33 bits per heavy atom. The van der Waals surface area contributed by atoms with E-state index in [1.165, 1.54) is 0 Å². The fourth-order valence-electron chi connectivity index (χ4n) is 1.49. The number of rotatable bonds is 4. The van der Waals surface area contributed by atoms with Crippen LogP contribution < -0.4 is 5.32 Å². The zero-order valence-corrected chi connectivity index (χ0v) is 11.2. The summed E-state index contributed by atoms with van der Waals surface area (Å²) in [6, 6.07) is 5.05. The van der Waals surface area contributed by atoms with Gasteiger partial charge in [-0.25, -0.2) is 4.79 Å². The number of aromatic carboxylic acids is 1. The van der Waals surface area contributed by atoms with E-state index in [1.54, 1.807) is 29.1 Å². The van der Waals surface area contributed by atoms with Gasteiger partial charge in [0.05, 0.1) is 12.1 Å². The van der Waals surface area contributed by atoms with Gasteiger partial charge in [0.1, 0.15) is 6.33 Å². The summed E-state index contributed by atoms with van der Waals surface area (Å²) in [4.78, 5) is 11.1. The van der Waals surface area contributed by atoms with Crippen molar-refractivity contribution in [3.05, 3.63) is 40.4 Å². The minimum atomic E-state index is -0.975. The van der Waals surface area contributed by atoms with Crippen LogP contribution in [0.1, 0.15) is 16.2 Å². The molecule has 0 aliphatic heterocycles. The molecule has 1 aromatic carbocycles. The Bertz CT molecular complexity index is 582. The summed E-state index contributed by atoms with van der Waals surface area (Å²) in [6.07, 6.45) is 1.59. The Morgan fingerprint density at radius 3 is 2.94 bits per heavy atom. The van der Waals surface area contributed by atoms with Crippen molar-refractivity contribution in [1.29, 1.82) is 0 Å². The number of hydrogen-bond acceptors (Lipinski definition) is 4. The van der Waals surface area contributed by atoms with Crippen LogP contribution in [0.15, 0.2) is 29.0 Å². The van der Waals surface area contributed by atoms with Crippen LogP contribution in [0.5, 0.6) is 0 Å². The number of halogens is 1. The van der Waals surface area contributed by atoms with Gasteiger partial charge >= 0.3 is 5.97 Å². The quantitative estimate of drug-likeness (QED) is 0.901. The van der Waals surface area contributed by atoms with E-state index in [0.29, 0.717) is 12.2 Å². The first kappa shape index (κ1) is 12.6. The highest BCUT2D eigenvalue weighted by molar-refractivity contribution is 9.10. The average molecular weight is 311 g/mol. The minimum Gasteiger partial charge on any atom is -0.478 e. The average Bonchev–Trinajstić information content (AvgIpc) is 2.73.